The van der Waals surface area contributed by atoms with Crippen LogP contribution in [0.2, 0.25) is 0 Å². The lowest BCUT2D eigenvalue weighted by atomic mass is 10.1. The average molecular weight is 345 g/mol. The Morgan fingerprint density at radius 1 is 1.24 bits per heavy atom. The minimum atomic E-state index is 0.231. The van der Waals surface area contributed by atoms with E-state index in [4.69, 9.17) is 0 Å². The van der Waals surface area contributed by atoms with Crippen molar-refractivity contribution in [3.63, 3.8) is 0 Å². The van der Waals surface area contributed by atoms with Crippen molar-refractivity contribution in [1.29, 1.82) is 0 Å². The Kier molecular flexibility index (Phi) is 8.29. The molecular weight excluding hydrogens is 312 g/mol. The van der Waals surface area contributed by atoms with E-state index in [2.05, 4.69) is 53.7 Å². The second-order valence-corrected chi connectivity index (χ2v) is 6.67. The topological polar surface area (TPSA) is 56.7 Å². The third-order valence-electron chi connectivity index (χ3n) is 4.49. The van der Waals surface area contributed by atoms with Crippen molar-refractivity contribution in [2.75, 3.05) is 26.2 Å². The van der Waals surface area contributed by atoms with Gasteiger partial charge in [-0.25, -0.2) is 0 Å². The molecule has 1 heterocycles. The SMILES string of the molecule is CCNC(=NCCC(=O)N1CCCC1)NC(C)CCc1ccccc1. The van der Waals surface area contributed by atoms with Crippen LogP contribution in [0.3, 0.4) is 0 Å². The molecule has 2 rings (SSSR count). The molecule has 1 fully saturated rings. The van der Waals surface area contributed by atoms with Gasteiger partial charge in [0, 0.05) is 32.1 Å². The van der Waals surface area contributed by atoms with E-state index in [9.17, 15) is 4.79 Å². The minimum Gasteiger partial charge on any atom is -0.357 e. The summed E-state index contributed by atoms with van der Waals surface area (Å²) in [6.45, 7) is 7.41. The summed E-state index contributed by atoms with van der Waals surface area (Å²) in [5, 5.41) is 6.71. The Morgan fingerprint density at radius 3 is 2.64 bits per heavy atom. The Bertz CT molecular complexity index is 538. The molecule has 2 N–H and O–H groups in total. The maximum Gasteiger partial charge on any atom is 0.224 e. The standard InChI is InChI=1S/C20H32N4O/c1-3-21-20(22-14-13-19(25)24-15-7-8-16-24)23-17(2)11-12-18-9-5-4-6-10-18/h4-6,9-10,17H,3,7-8,11-16H2,1-2H3,(H2,21,22,23). The van der Waals surface area contributed by atoms with Gasteiger partial charge in [0.25, 0.3) is 0 Å². The summed E-state index contributed by atoms with van der Waals surface area (Å²) in [5.41, 5.74) is 1.36. The van der Waals surface area contributed by atoms with E-state index in [1.54, 1.807) is 0 Å². The lowest BCUT2D eigenvalue weighted by molar-refractivity contribution is -0.129. The van der Waals surface area contributed by atoms with Crippen LogP contribution in [0.4, 0.5) is 0 Å². The summed E-state index contributed by atoms with van der Waals surface area (Å²) < 4.78 is 0. The van der Waals surface area contributed by atoms with Crippen molar-refractivity contribution < 1.29 is 4.79 Å². The molecule has 0 radical (unpaired) electrons. The van der Waals surface area contributed by atoms with E-state index in [0.717, 1.165) is 51.3 Å². The molecule has 1 saturated heterocycles. The molecule has 138 valence electrons. The van der Waals surface area contributed by atoms with Gasteiger partial charge >= 0.3 is 0 Å². The van der Waals surface area contributed by atoms with E-state index in [1.165, 1.54) is 5.56 Å². The third-order valence-corrected chi connectivity index (χ3v) is 4.49. The summed E-state index contributed by atoms with van der Waals surface area (Å²) in [6, 6.07) is 10.9. The number of hydrogen-bond acceptors (Lipinski definition) is 2. The second kappa shape index (κ2) is 10.7. The molecule has 1 aromatic carbocycles. The molecule has 0 aliphatic carbocycles. The van der Waals surface area contributed by atoms with Crippen molar-refractivity contribution in [3.8, 4) is 0 Å². The predicted octanol–water partition coefficient (Wildman–Crippen LogP) is 2.58. The van der Waals surface area contributed by atoms with Gasteiger partial charge in [0.2, 0.25) is 5.91 Å². The van der Waals surface area contributed by atoms with Crippen LogP contribution >= 0.6 is 0 Å². The number of nitrogens with zero attached hydrogens (tertiary/aromatic N) is 2. The summed E-state index contributed by atoms with van der Waals surface area (Å²) >= 11 is 0. The van der Waals surface area contributed by atoms with Crippen LogP contribution in [0.15, 0.2) is 35.3 Å². The Balaban J connectivity index is 1.74. The van der Waals surface area contributed by atoms with Gasteiger partial charge < -0.3 is 15.5 Å². The van der Waals surface area contributed by atoms with Gasteiger partial charge in [0.05, 0.1) is 6.54 Å². The monoisotopic (exact) mass is 344 g/mol. The zero-order chi connectivity index (χ0) is 17.9. The third kappa shape index (κ3) is 7.16. The van der Waals surface area contributed by atoms with Crippen LogP contribution in [0.25, 0.3) is 0 Å². The zero-order valence-corrected chi connectivity index (χ0v) is 15.6. The Morgan fingerprint density at radius 2 is 1.96 bits per heavy atom. The largest absolute Gasteiger partial charge is 0.357 e. The normalized spacial score (nSPS) is 15.9. The lowest BCUT2D eigenvalue weighted by Crippen LogP contribution is -2.42. The number of carbonyl (C=O) groups excluding carboxylic acids is 1. The number of benzene rings is 1. The van der Waals surface area contributed by atoms with Gasteiger partial charge in [-0.3, -0.25) is 9.79 Å². The quantitative estimate of drug-likeness (QED) is 0.563. The van der Waals surface area contributed by atoms with Crippen LogP contribution in [-0.2, 0) is 11.2 Å². The summed E-state index contributed by atoms with van der Waals surface area (Å²) in [6.07, 6.45) is 4.86. The molecule has 1 aromatic rings. The number of rotatable bonds is 8. The first kappa shape index (κ1) is 19.3. The molecule has 0 spiro atoms. The molecular formula is C20H32N4O. The highest BCUT2D eigenvalue weighted by atomic mass is 16.2. The maximum absolute atomic E-state index is 12.1. The number of amides is 1. The molecule has 5 nitrogen and oxygen atoms in total. The van der Waals surface area contributed by atoms with Crippen molar-refractivity contribution in [3.05, 3.63) is 35.9 Å². The minimum absolute atomic E-state index is 0.231. The van der Waals surface area contributed by atoms with Crippen molar-refractivity contribution in [1.82, 2.24) is 15.5 Å². The van der Waals surface area contributed by atoms with Crippen molar-refractivity contribution in [2.24, 2.45) is 4.99 Å². The first-order valence-electron chi connectivity index (χ1n) is 9.55. The molecule has 0 aromatic heterocycles. The van der Waals surface area contributed by atoms with Gasteiger partial charge in [-0.15, -0.1) is 0 Å². The van der Waals surface area contributed by atoms with Crippen LogP contribution in [0.1, 0.15) is 45.1 Å². The molecule has 1 amide bonds. The van der Waals surface area contributed by atoms with Crippen LogP contribution in [0, 0.1) is 0 Å². The average Bonchev–Trinajstić information content (AvgIpc) is 3.16. The number of guanidine groups is 1. The Hall–Kier alpha value is -2.04. The van der Waals surface area contributed by atoms with Gasteiger partial charge in [-0.1, -0.05) is 30.3 Å². The first-order valence-corrected chi connectivity index (χ1v) is 9.55. The summed E-state index contributed by atoms with van der Waals surface area (Å²) in [5.74, 6) is 1.03. The number of aryl methyl sites for hydroxylation is 1. The fourth-order valence-corrected chi connectivity index (χ4v) is 3.04. The van der Waals surface area contributed by atoms with Crippen molar-refractivity contribution >= 4 is 11.9 Å². The van der Waals surface area contributed by atoms with Crippen LogP contribution in [-0.4, -0.2) is 49.0 Å². The summed E-state index contributed by atoms with van der Waals surface area (Å²) in [7, 11) is 0. The first-order chi connectivity index (χ1) is 12.2. The molecule has 1 unspecified atom stereocenters. The number of hydrogen-bond donors (Lipinski definition) is 2. The van der Waals surface area contributed by atoms with E-state index >= 15 is 0 Å². The smallest absolute Gasteiger partial charge is 0.224 e. The van der Waals surface area contributed by atoms with Gasteiger partial charge in [0.15, 0.2) is 5.96 Å². The lowest BCUT2D eigenvalue weighted by Gasteiger charge is -2.18. The highest BCUT2D eigenvalue weighted by Crippen LogP contribution is 2.09. The second-order valence-electron chi connectivity index (χ2n) is 6.67. The Labute approximate surface area is 151 Å². The highest BCUT2D eigenvalue weighted by Gasteiger charge is 2.17. The number of carbonyl (C=O) groups is 1. The number of aliphatic imine (C=N–C) groups is 1. The molecule has 25 heavy (non-hydrogen) atoms. The van der Waals surface area contributed by atoms with Gasteiger partial charge in [0.1, 0.15) is 0 Å². The fourth-order valence-electron chi connectivity index (χ4n) is 3.04. The number of likely N-dealkylation sites (tertiary alicyclic amines) is 1. The molecule has 5 heteroatoms. The van der Waals surface area contributed by atoms with Crippen LogP contribution < -0.4 is 10.6 Å². The van der Waals surface area contributed by atoms with E-state index in [-0.39, 0.29) is 5.91 Å². The zero-order valence-electron chi connectivity index (χ0n) is 15.6. The van der Waals surface area contributed by atoms with Crippen molar-refractivity contribution in [2.45, 2.75) is 52.0 Å². The molecule has 1 aliphatic heterocycles. The molecule has 1 atom stereocenters. The van der Waals surface area contributed by atoms with E-state index in [1.807, 2.05) is 11.0 Å². The predicted molar refractivity (Wildman–Crippen MR) is 104 cm³/mol. The molecule has 0 bridgehead atoms. The number of nitrogens with one attached hydrogen (secondary N) is 2. The fraction of sp³-hybridized carbons (Fsp3) is 0.600. The molecule has 1 aliphatic rings. The highest BCUT2D eigenvalue weighted by molar-refractivity contribution is 5.81. The molecule has 0 saturated carbocycles. The van der Waals surface area contributed by atoms with Gasteiger partial charge in [-0.2, -0.15) is 0 Å². The maximum atomic E-state index is 12.1. The van der Waals surface area contributed by atoms with Crippen LogP contribution in [0.5, 0.6) is 0 Å². The van der Waals surface area contributed by atoms with Gasteiger partial charge in [-0.05, 0) is 45.1 Å². The van der Waals surface area contributed by atoms with E-state index in [0.29, 0.717) is 19.0 Å². The van der Waals surface area contributed by atoms with E-state index < -0.39 is 0 Å². The summed E-state index contributed by atoms with van der Waals surface area (Å²) in [4.78, 5) is 18.6.